The second-order valence-electron chi connectivity index (χ2n) is 4.57. The average Bonchev–Trinajstić information content (AvgIpc) is 1.87. The normalized spacial score (nSPS) is 13.1. The molecule has 0 radical (unpaired) electrons. The Balaban J connectivity index is 4.26. The van der Waals surface area contributed by atoms with Crippen LogP contribution in [0.25, 0.3) is 0 Å². The van der Waals surface area contributed by atoms with Gasteiger partial charge in [-0.25, -0.2) is 0 Å². The minimum absolute atomic E-state index is 0.550. The van der Waals surface area contributed by atoms with E-state index in [0.717, 1.165) is 11.8 Å². The summed E-state index contributed by atoms with van der Waals surface area (Å²) in [4.78, 5) is 0. The van der Waals surface area contributed by atoms with Crippen molar-refractivity contribution < 1.29 is 0 Å². The molecule has 0 bridgehead atoms. The largest absolute Gasteiger partial charge is 0.0654 e. The van der Waals surface area contributed by atoms with Crippen molar-refractivity contribution in [3.8, 4) is 0 Å². The summed E-state index contributed by atoms with van der Waals surface area (Å²) in [6, 6.07) is 0. The number of hydrogen-bond acceptors (Lipinski definition) is 0. The van der Waals surface area contributed by atoms with E-state index in [1.54, 1.807) is 0 Å². The van der Waals surface area contributed by atoms with Crippen LogP contribution in [0.5, 0.6) is 0 Å². The molecule has 0 saturated heterocycles. The first-order valence-corrected chi connectivity index (χ1v) is 4.95. The van der Waals surface area contributed by atoms with Crippen molar-refractivity contribution in [3.63, 3.8) is 0 Å². The SMILES string of the molecule is CCCC(C)(C(C)C)C(C)C. The first kappa shape index (κ1) is 11.0. The molecule has 0 heteroatoms. The zero-order chi connectivity index (χ0) is 9.07. The Morgan fingerprint density at radius 1 is 1.00 bits per heavy atom. The van der Waals surface area contributed by atoms with Gasteiger partial charge in [-0.1, -0.05) is 48.0 Å². The fourth-order valence-corrected chi connectivity index (χ4v) is 1.78. The Bertz CT molecular complexity index is 92.6. The number of hydrogen-bond donors (Lipinski definition) is 0. The van der Waals surface area contributed by atoms with Crippen LogP contribution >= 0.6 is 0 Å². The molecule has 0 N–H and O–H groups in total. The van der Waals surface area contributed by atoms with Crippen LogP contribution in [0, 0.1) is 17.3 Å². The topological polar surface area (TPSA) is 0 Å². The molecule has 0 rings (SSSR count). The summed E-state index contributed by atoms with van der Waals surface area (Å²) < 4.78 is 0. The van der Waals surface area contributed by atoms with Gasteiger partial charge in [0.1, 0.15) is 0 Å². The monoisotopic (exact) mass is 156 g/mol. The molecular formula is C11H24. The molecule has 0 unspecified atom stereocenters. The van der Waals surface area contributed by atoms with E-state index in [1.165, 1.54) is 12.8 Å². The Labute approximate surface area is 72.4 Å². The Hall–Kier alpha value is 0. The minimum Gasteiger partial charge on any atom is -0.0654 e. The van der Waals surface area contributed by atoms with Crippen LogP contribution in [0.3, 0.4) is 0 Å². The zero-order valence-corrected chi connectivity index (χ0v) is 9.07. The summed E-state index contributed by atoms with van der Waals surface area (Å²) in [5.41, 5.74) is 0.550. The van der Waals surface area contributed by atoms with Crippen LogP contribution in [-0.2, 0) is 0 Å². The van der Waals surface area contributed by atoms with Crippen molar-refractivity contribution in [2.45, 2.75) is 54.4 Å². The van der Waals surface area contributed by atoms with E-state index in [0.29, 0.717) is 5.41 Å². The maximum Gasteiger partial charge on any atom is -0.0280 e. The Morgan fingerprint density at radius 2 is 1.36 bits per heavy atom. The van der Waals surface area contributed by atoms with E-state index in [9.17, 15) is 0 Å². The van der Waals surface area contributed by atoms with E-state index in [-0.39, 0.29) is 0 Å². The maximum atomic E-state index is 2.42. The molecule has 0 amide bonds. The first-order chi connectivity index (χ1) is 4.95. The van der Waals surface area contributed by atoms with Crippen molar-refractivity contribution in [2.24, 2.45) is 17.3 Å². The molecule has 11 heavy (non-hydrogen) atoms. The molecule has 0 aromatic heterocycles. The first-order valence-electron chi connectivity index (χ1n) is 4.95. The van der Waals surface area contributed by atoms with Gasteiger partial charge in [-0.2, -0.15) is 0 Å². The molecule has 0 aromatic rings. The molecular weight excluding hydrogens is 132 g/mol. The van der Waals surface area contributed by atoms with Gasteiger partial charge in [0.25, 0.3) is 0 Å². The molecule has 0 aliphatic carbocycles. The Kier molecular flexibility index (Phi) is 4.13. The van der Waals surface area contributed by atoms with Gasteiger partial charge in [0, 0.05) is 0 Å². The van der Waals surface area contributed by atoms with Crippen LogP contribution in [0.2, 0.25) is 0 Å². The van der Waals surface area contributed by atoms with Crippen LogP contribution < -0.4 is 0 Å². The van der Waals surface area contributed by atoms with Gasteiger partial charge < -0.3 is 0 Å². The van der Waals surface area contributed by atoms with Crippen LogP contribution in [0.1, 0.15) is 54.4 Å². The highest BCUT2D eigenvalue weighted by Gasteiger charge is 2.30. The molecule has 0 fully saturated rings. The van der Waals surface area contributed by atoms with E-state index < -0.39 is 0 Å². The highest BCUT2D eigenvalue weighted by Crippen LogP contribution is 2.39. The predicted octanol–water partition coefficient (Wildman–Crippen LogP) is 4.10. The fraction of sp³-hybridized carbons (Fsp3) is 1.00. The number of rotatable bonds is 4. The van der Waals surface area contributed by atoms with Gasteiger partial charge in [-0.3, -0.25) is 0 Å². The standard InChI is InChI=1S/C11H24/c1-7-8-11(6,9(2)3)10(4)5/h9-10H,7-8H2,1-6H3. The van der Waals surface area contributed by atoms with Gasteiger partial charge in [0.05, 0.1) is 0 Å². The van der Waals surface area contributed by atoms with E-state index in [2.05, 4.69) is 41.5 Å². The zero-order valence-electron chi connectivity index (χ0n) is 9.07. The molecule has 0 heterocycles. The lowest BCUT2D eigenvalue weighted by Crippen LogP contribution is -2.29. The summed E-state index contributed by atoms with van der Waals surface area (Å²) in [6.45, 7) is 14.1. The lowest BCUT2D eigenvalue weighted by atomic mass is 9.68. The Morgan fingerprint density at radius 3 is 1.45 bits per heavy atom. The van der Waals surface area contributed by atoms with Gasteiger partial charge >= 0.3 is 0 Å². The lowest BCUT2D eigenvalue weighted by Gasteiger charge is -2.37. The average molecular weight is 156 g/mol. The predicted molar refractivity (Wildman–Crippen MR) is 52.7 cm³/mol. The molecule has 0 nitrogen and oxygen atoms in total. The molecule has 68 valence electrons. The van der Waals surface area contributed by atoms with Gasteiger partial charge in [0.2, 0.25) is 0 Å². The fourth-order valence-electron chi connectivity index (χ4n) is 1.78. The third-order valence-electron chi connectivity index (χ3n) is 3.43. The molecule has 0 saturated carbocycles. The van der Waals surface area contributed by atoms with Crippen molar-refractivity contribution in [1.29, 1.82) is 0 Å². The molecule has 0 aromatic carbocycles. The van der Waals surface area contributed by atoms with Crippen molar-refractivity contribution in [1.82, 2.24) is 0 Å². The highest BCUT2D eigenvalue weighted by atomic mass is 14.4. The van der Waals surface area contributed by atoms with Gasteiger partial charge in [-0.15, -0.1) is 0 Å². The third-order valence-corrected chi connectivity index (χ3v) is 3.43. The lowest BCUT2D eigenvalue weighted by molar-refractivity contribution is 0.122. The second-order valence-corrected chi connectivity index (χ2v) is 4.57. The van der Waals surface area contributed by atoms with Gasteiger partial charge in [-0.05, 0) is 23.7 Å². The quantitative estimate of drug-likeness (QED) is 0.574. The van der Waals surface area contributed by atoms with E-state index in [4.69, 9.17) is 0 Å². The summed E-state index contributed by atoms with van der Waals surface area (Å²) in [5.74, 6) is 1.62. The molecule has 0 spiro atoms. The van der Waals surface area contributed by atoms with Crippen LogP contribution in [0.4, 0.5) is 0 Å². The maximum absolute atomic E-state index is 2.42. The second kappa shape index (κ2) is 4.13. The van der Waals surface area contributed by atoms with E-state index in [1.807, 2.05) is 0 Å². The van der Waals surface area contributed by atoms with E-state index >= 15 is 0 Å². The van der Waals surface area contributed by atoms with Gasteiger partial charge in [0.15, 0.2) is 0 Å². The minimum atomic E-state index is 0.550. The van der Waals surface area contributed by atoms with Crippen molar-refractivity contribution in [2.75, 3.05) is 0 Å². The van der Waals surface area contributed by atoms with Crippen molar-refractivity contribution in [3.05, 3.63) is 0 Å². The van der Waals surface area contributed by atoms with Crippen LogP contribution in [0.15, 0.2) is 0 Å². The summed E-state index contributed by atoms with van der Waals surface area (Å²) >= 11 is 0. The molecule has 0 atom stereocenters. The third kappa shape index (κ3) is 2.50. The summed E-state index contributed by atoms with van der Waals surface area (Å²) in [5, 5.41) is 0. The molecule has 0 aliphatic heterocycles. The van der Waals surface area contributed by atoms with Crippen LogP contribution in [-0.4, -0.2) is 0 Å². The summed E-state index contributed by atoms with van der Waals surface area (Å²) in [6.07, 6.45) is 2.68. The van der Waals surface area contributed by atoms with Crippen molar-refractivity contribution >= 4 is 0 Å². The summed E-state index contributed by atoms with van der Waals surface area (Å²) in [7, 11) is 0. The highest BCUT2D eigenvalue weighted by molar-refractivity contribution is 4.80. The molecule has 0 aliphatic rings. The smallest absolute Gasteiger partial charge is 0.0280 e.